The summed E-state index contributed by atoms with van der Waals surface area (Å²) in [4.78, 5) is 24.6. The van der Waals surface area contributed by atoms with Crippen LogP contribution in [-0.4, -0.2) is 36.4 Å². The van der Waals surface area contributed by atoms with Gasteiger partial charge in [0, 0.05) is 12.8 Å². The smallest absolute Gasteiger partial charge is 0.306 e. The molecule has 0 aliphatic rings. The molecule has 0 spiro atoms. The molecular weight excluding hydrogens is 861 g/mol. The van der Waals surface area contributed by atoms with E-state index in [1.54, 1.807) is 0 Å². The molecule has 0 aromatic heterocycles. The highest BCUT2D eigenvalue weighted by Gasteiger charge is 2.16. The van der Waals surface area contributed by atoms with Crippen LogP contribution in [0, 0.1) is 0 Å². The third-order valence-corrected chi connectivity index (χ3v) is 15.4. The predicted molar refractivity (Wildman–Crippen MR) is 307 cm³/mol. The summed E-state index contributed by atoms with van der Waals surface area (Å²) < 4.78 is 10.8. The molecule has 0 amide bonds. The molecule has 0 bridgehead atoms. The van der Waals surface area contributed by atoms with E-state index in [2.05, 4.69) is 13.8 Å². The van der Waals surface area contributed by atoms with Crippen LogP contribution in [0.1, 0.15) is 386 Å². The van der Waals surface area contributed by atoms with E-state index in [1.807, 2.05) is 0 Å². The van der Waals surface area contributed by atoms with Gasteiger partial charge in [0.15, 0.2) is 6.10 Å². The van der Waals surface area contributed by atoms with Crippen molar-refractivity contribution in [3.8, 4) is 0 Å². The van der Waals surface area contributed by atoms with Crippen LogP contribution in [0.3, 0.4) is 0 Å². The molecule has 418 valence electrons. The van der Waals surface area contributed by atoms with Gasteiger partial charge in [-0.15, -0.1) is 0 Å². The number of carbonyl (C=O) groups excluding carboxylic acids is 2. The summed E-state index contributed by atoms with van der Waals surface area (Å²) in [6.07, 6.45) is 77.0. The zero-order valence-corrected chi connectivity index (χ0v) is 48.1. The standard InChI is InChI=1S/C65H128O5/c1-3-5-7-9-11-13-15-17-19-21-23-25-27-29-31-32-33-34-36-38-40-42-44-46-48-50-52-54-56-58-60-65(68)70-63(61-66)62-69-64(67)59-57-55-53-51-49-47-45-43-41-39-37-35-30-28-26-24-22-20-18-16-14-12-10-8-6-4-2/h63,66H,3-62H2,1-2H3. The topological polar surface area (TPSA) is 72.8 Å². The fraction of sp³-hybridized carbons (Fsp3) is 0.969. The number of hydrogen-bond donors (Lipinski definition) is 1. The van der Waals surface area contributed by atoms with Crippen molar-refractivity contribution in [2.45, 2.75) is 392 Å². The van der Waals surface area contributed by atoms with Crippen molar-refractivity contribution in [2.24, 2.45) is 0 Å². The van der Waals surface area contributed by atoms with Crippen molar-refractivity contribution in [1.29, 1.82) is 0 Å². The number of unbranched alkanes of at least 4 members (excludes halogenated alkanes) is 54. The van der Waals surface area contributed by atoms with Gasteiger partial charge in [-0.2, -0.15) is 0 Å². The quantitative estimate of drug-likeness (QED) is 0.0486. The Morgan fingerprint density at radius 3 is 0.629 bits per heavy atom. The molecule has 0 fully saturated rings. The number of aliphatic hydroxyl groups is 1. The zero-order valence-electron chi connectivity index (χ0n) is 48.1. The normalized spacial score (nSPS) is 12.0. The van der Waals surface area contributed by atoms with E-state index in [1.165, 1.54) is 327 Å². The van der Waals surface area contributed by atoms with E-state index in [0.29, 0.717) is 12.8 Å². The Balaban J connectivity index is 3.36. The van der Waals surface area contributed by atoms with Crippen LogP contribution in [0.15, 0.2) is 0 Å². The number of esters is 2. The summed E-state index contributed by atoms with van der Waals surface area (Å²) >= 11 is 0. The van der Waals surface area contributed by atoms with E-state index in [-0.39, 0.29) is 25.2 Å². The molecule has 70 heavy (non-hydrogen) atoms. The van der Waals surface area contributed by atoms with Gasteiger partial charge in [-0.25, -0.2) is 0 Å². The molecule has 0 aliphatic carbocycles. The Morgan fingerprint density at radius 1 is 0.271 bits per heavy atom. The highest BCUT2D eigenvalue weighted by Crippen LogP contribution is 2.19. The largest absolute Gasteiger partial charge is 0.462 e. The van der Waals surface area contributed by atoms with Crippen molar-refractivity contribution in [1.82, 2.24) is 0 Å². The maximum atomic E-state index is 12.3. The first-order chi connectivity index (χ1) is 34.6. The van der Waals surface area contributed by atoms with Crippen molar-refractivity contribution >= 4 is 11.9 Å². The number of ether oxygens (including phenoxy) is 2. The van der Waals surface area contributed by atoms with Crippen LogP contribution in [0.5, 0.6) is 0 Å². The number of hydrogen-bond acceptors (Lipinski definition) is 5. The summed E-state index contributed by atoms with van der Waals surface area (Å²) in [5.74, 6) is -0.560. The van der Waals surface area contributed by atoms with Gasteiger partial charge < -0.3 is 14.6 Å². The number of aliphatic hydroxyl groups excluding tert-OH is 1. The molecule has 0 rings (SSSR count). The van der Waals surface area contributed by atoms with Gasteiger partial charge in [-0.3, -0.25) is 9.59 Å². The van der Waals surface area contributed by atoms with E-state index in [0.717, 1.165) is 32.1 Å². The first-order valence-corrected chi connectivity index (χ1v) is 32.6. The van der Waals surface area contributed by atoms with Gasteiger partial charge in [0.1, 0.15) is 6.61 Å². The molecule has 1 unspecified atom stereocenters. The second kappa shape index (κ2) is 62.2. The summed E-state index contributed by atoms with van der Waals surface area (Å²) in [6.45, 7) is 4.22. The van der Waals surface area contributed by atoms with Gasteiger partial charge in [0.2, 0.25) is 0 Å². The van der Waals surface area contributed by atoms with Crippen LogP contribution in [-0.2, 0) is 19.1 Å². The molecule has 5 nitrogen and oxygen atoms in total. The minimum Gasteiger partial charge on any atom is -0.462 e. The van der Waals surface area contributed by atoms with E-state index >= 15 is 0 Å². The fourth-order valence-corrected chi connectivity index (χ4v) is 10.5. The monoisotopic (exact) mass is 989 g/mol. The van der Waals surface area contributed by atoms with Gasteiger partial charge in [-0.05, 0) is 12.8 Å². The summed E-state index contributed by atoms with van der Waals surface area (Å²) in [6, 6.07) is 0. The van der Waals surface area contributed by atoms with Gasteiger partial charge in [0.05, 0.1) is 6.61 Å². The van der Waals surface area contributed by atoms with Crippen LogP contribution in [0.4, 0.5) is 0 Å². The van der Waals surface area contributed by atoms with Crippen molar-refractivity contribution in [3.63, 3.8) is 0 Å². The Labute approximate surface area is 439 Å². The van der Waals surface area contributed by atoms with E-state index in [4.69, 9.17) is 9.47 Å². The Morgan fingerprint density at radius 2 is 0.443 bits per heavy atom. The minimum atomic E-state index is -0.765. The summed E-state index contributed by atoms with van der Waals surface area (Å²) in [5, 5.41) is 9.68. The molecule has 5 heteroatoms. The SMILES string of the molecule is CCCCCCCCCCCCCCCCCCCCCCCCCCCCCCCCC(=O)OC(CO)COC(=O)CCCCCCCCCCCCCCCCCCCCCCCCCCCC. The van der Waals surface area contributed by atoms with Crippen LogP contribution in [0.25, 0.3) is 0 Å². The molecule has 0 saturated carbocycles. The summed E-state index contributed by atoms with van der Waals surface area (Å²) in [7, 11) is 0. The molecule has 0 heterocycles. The molecule has 1 N–H and O–H groups in total. The lowest BCUT2D eigenvalue weighted by atomic mass is 10.0. The third-order valence-electron chi connectivity index (χ3n) is 15.4. The highest BCUT2D eigenvalue weighted by atomic mass is 16.6. The maximum Gasteiger partial charge on any atom is 0.306 e. The van der Waals surface area contributed by atoms with E-state index < -0.39 is 6.10 Å². The molecule has 1 atom stereocenters. The van der Waals surface area contributed by atoms with Crippen molar-refractivity contribution < 1.29 is 24.2 Å². The fourth-order valence-electron chi connectivity index (χ4n) is 10.5. The highest BCUT2D eigenvalue weighted by molar-refractivity contribution is 5.70. The molecule has 0 aromatic rings. The van der Waals surface area contributed by atoms with Crippen molar-refractivity contribution in [2.75, 3.05) is 13.2 Å². The van der Waals surface area contributed by atoms with Gasteiger partial charge in [0.25, 0.3) is 0 Å². The maximum absolute atomic E-state index is 12.3. The van der Waals surface area contributed by atoms with Gasteiger partial charge >= 0.3 is 11.9 Å². The average Bonchev–Trinajstić information content (AvgIpc) is 3.36. The van der Waals surface area contributed by atoms with E-state index in [9.17, 15) is 14.7 Å². The van der Waals surface area contributed by atoms with Crippen molar-refractivity contribution in [3.05, 3.63) is 0 Å². The Hall–Kier alpha value is -1.10. The lowest BCUT2D eigenvalue weighted by Crippen LogP contribution is -2.28. The second-order valence-electron chi connectivity index (χ2n) is 22.6. The zero-order chi connectivity index (χ0) is 50.6. The molecule has 0 aliphatic heterocycles. The number of rotatable bonds is 62. The van der Waals surface area contributed by atoms with Gasteiger partial charge in [-0.1, -0.05) is 361 Å². The first-order valence-electron chi connectivity index (χ1n) is 32.6. The average molecular weight is 990 g/mol. The second-order valence-corrected chi connectivity index (χ2v) is 22.6. The lowest BCUT2D eigenvalue weighted by molar-refractivity contribution is -0.161. The summed E-state index contributed by atoms with van der Waals surface area (Å²) in [5.41, 5.74) is 0. The first kappa shape index (κ1) is 68.9. The minimum absolute atomic E-state index is 0.0554. The Bertz CT molecular complexity index is 983. The molecule has 0 aromatic carbocycles. The predicted octanol–water partition coefficient (Wildman–Crippen LogP) is 22.1. The third kappa shape index (κ3) is 59.5. The molecule has 0 saturated heterocycles. The molecular formula is C65H128O5. The lowest BCUT2D eigenvalue weighted by Gasteiger charge is -2.15. The van der Waals surface area contributed by atoms with Crippen LogP contribution >= 0.6 is 0 Å². The Kier molecular flexibility index (Phi) is 61.2. The van der Waals surface area contributed by atoms with Crippen LogP contribution < -0.4 is 0 Å². The molecule has 0 radical (unpaired) electrons. The van der Waals surface area contributed by atoms with Crippen LogP contribution in [0.2, 0.25) is 0 Å². The number of carbonyl (C=O) groups is 2.